The Morgan fingerprint density at radius 3 is 2.84 bits per heavy atom. The van der Waals surface area contributed by atoms with Gasteiger partial charge < -0.3 is 15.2 Å². The molecule has 4 heterocycles. The number of hydrogen-bond acceptors (Lipinski definition) is 5. The van der Waals surface area contributed by atoms with E-state index in [4.69, 9.17) is 11.6 Å². The van der Waals surface area contributed by atoms with Crippen LogP contribution in [0.3, 0.4) is 0 Å². The number of rotatable bonds is 9. The highest BCUT2D eigenvalue weighted by atomic mass is 35.5. The molecule has 0 saturated carbocycles. The van der Waals surface area contributed by atoms with E-state index >= 15 is 0 Å². The molecule has 3 aromatic heterocycles. The van der Waals surface area contributed by atoms with E-state index in [1.165, 1.54) is 18.5 Å². The number of unbranched alkanes of at least 4 members (excludes halogenated alkanes) is 1. The molecule has 196 valence electrons. The summed E-state index contributed by atoms with van der Waals surface area (Å²) >= 11 is 6.08. The molecule has 0 saturated heterocycles. The zero-order chi connectivity index (χ0) is 26.6. The summed E-state index contributed by atoms with van der Waals surface area (Å²) in [6.07, 6.45) is 6.74. The second kappa shape index (κ2) is 11.3. The largest absolute Gasteiger partial charge is 0.397 e. The van der Waals surface area contributed by atoms with E-state index in [9.17, 15) is 22.4 Å². The summed E-state index contributed by atoms with van der Waals surface area (Å²) in [6.45, 7) is 2.00. The first kappa shape index (κ1) is 26.6. The molecule has 0 radical (unpaired) electrons. The monoisotopic (exact) mass is 536 g/mol. The molecule has 0 fully saturated rings. The third-order valence-corrected chi connectivity index (χ3v) is 6.15. The second-order valence-corrected chi connectivity index (χ2v) is 9.18. The highest BCUT2D eigenvalue weighted by Crippen LogP contribution is 2.29. The molecule has 1 aliphatic heterocycles. The summed E-state index contributed by atoms with van der Waals surface area (Å²) in [5.74, 6) is -1.52. The Bertz CT molecular complexity index is 1320. The summed E-state index contributed by atoms with van der Waals surface area (Å²) in [6, 6.07) is 0.703. The quantitative estimate of drug-likeness (QED) is 0.309. The van der Waals surface area contributed by atoms with Crippen molar-refractivity contribution in [3.05, 3.63) is 59.9 Å². The number of nitrogens with zero attached hydrogens (tertiary/aromatic N) is 4. The fraction of sp³-hybridized carbons (Fsp3) is 0.360. The van der Waals surface area contributed by atoms with Crippen LogP contribution in [0.5, 0.6) is 0 Å². The first-order valence-electron chi connectivity index (χ1n) is 11.8. The van der Waals surface area contributed by atoms with Crippen molar-refractivity contribution in [3.8, 4) is 11.4 Å². The van der Waals surface area contributed by atoms with Gasteiger partial charge in [0.25, 0.3) is 0 Å². The van der Waals surface area contributed by atoms with Gasteiger partial charge in [-0.15, -0.1) is 0 Å². The number of amides is 1. The molecule has 0 aromatic carbocycles. The average Bonchev–Trinajstić information content (AvgIpc) is 3.26. The van der Waals surface area contributed by atoms with Crippen LogP contribution in [0.4, 0.5) is 23.4 Å². The van der Waals surface area contributed by atoms with Gasteiger partial charge in [0.15, 0.2) is 17.5 Å². The minimum Gasteiger partial charge on any atom is -0.365 e. The Morgan fingerprint density at radius 1 is 1.27 bits per heavy atom. The first-order chi connectivity index (χ1) is 17.6. The summed E-state index contributed by atoms with van der Waals surface area (Å²) in [7, 11) is 0. The highest BCUT2D eigenvalue weighted by molar-refractivity contribution is 6.31. The fourth-order valence-corrected chi connectivity index (χ4v) is 4.36. The third kappa shape index (κ3) is 6.65. The van der Waals surface area contributed by atoms with Gasteiger partial charge in [0.05, 0.1) is 17.3 Å². The first-order valence-corrected chi connectivity index (χ1v) is 12.2. The summed E-state index contributed by atoms with van der Waals surface area (Å²) in [5, 5.41) is 4.20. The fourth-order valence-electron chi connectivity index (χ4n) is 4.21. The lowest BCUT2D eigenvalue weighted by atomic mass is 9.98. The number of carbonyl (C=O) groups is 1. The highest BCUT2D eigenvalue weighted by Gasteiger charge is 2.35. The number of pyridine rings is 1. The van der Waals surface area contributed by atoms with Gasteiger partial charge in [-0.2, -0.15) is 13.2 Å². The maximum Gasteiger partial charge on any atom is 0.397 e. The van der Waals surface area contributed by atoms with Crippen molar-refractivity contribution >= 4 is 34.4 Å². The van der Waals surface area contributed by atoms with Crippen LogP contribution in [0, 0.1) is 5.82 Å². The van der Waals surface area contributed by atoms with Crippen molar-refractivity contribution in [3.63, 3.8) is 0 Å². The Labute approximate surface area is 215 Å². The van der Waals surface area contributed by atoms with Crippen molar-refractivity contribution in [2.45, 2.75) is 57.3 Å². The summed E-state index contributed by atoms with van der Waals surface area (Å²) in [4.78, 5) is 29.1. The maximum absolute atomic E-state index is 14.8. The zero-order valence-electron chi connectivity index (χ0n) is 19.9. The molecule has 37 heavy (non-hydrogen) atoms. The molecule has 1 aliphatic rings. The van der Waals surface area contributed by atoms with Crippen LogP contribution >= 0.6 is 11.6 Å². The number of fused-ring (bicyclic) bond motifs is 1. The van der Waals surface area contributed by atoms with Crippen LogP contribution in [-0.2, 0) is 4.79 Å². The van der Waals surface area contributed by atoms with E-state index in [-0.39, 0.29) is 24.1 Å². The second-order valence-electron chi connectivity index (χ2n) is 8.75. The van der Waals surface area contributed by atoms with Crippen molar-refractivity contribution < 1.29 is 22.4 Å². The lowest BCUT2D eigenvalue weighted by Crippen LogP contribution is -2.41. The summed E-state index contributed by atoms with van der Waals surface area (Å²) < 4.78 is 53.4. The molecule has 12 heteroatoms. The van der Waals surface area contributed by atoms with E-state index in [2.05, 4.69) is 25.3 Å². The van der Waals surface area contributed by atoms with Gasteiger partial charge in [-0.3, -0.25) is 4.79 Å². The molecule has 4 rings (SSSR count). The van der Waals surface area contributed by atoms with Gasteiger partial charge in [-0.1, -0.05) is 43.5 Å². The normalized spacial score (nSPS) is 16.4. The molecule has 0 aliphatic carbocycles. The van der Waals surface area contributed by atoms with Crippen molar-refractivity contribution in [1.29, 1.82) is 0 Å². The lowest BCUT2D eigenvalue weighted by molar-refractivity contribution is -0.160. The molecule has 0 bridgehead atoms. The van der Waals surface area contributed by atoms with Gasteiger partial charge in [0.2, 0.25) is 5.91 Å². The molecule has 3 aromatic rings. The number of carbonyl (C=O) groups excluding carboxylic acids is 1. The van der Waals surface area contributed by atoms with Crippen LogP contribution in [0.1, 0.15) is 39.0 Å². The molecule has 1 unspecified atom stereocenters. The Balaban J connectivity index is 1.58. The number of halogens is 5. The number of nitrogens with one attached hydrogen (secondary N) is 2. The number of anilines is 1. The van der Waals surface area contributed by atoms with E-state index in [1.807, 2.05) is 6.92 Å². The van der Waals surface area contributed by atoms with Gasteiger partial charge in [-0.25, -0.2) is 19.3 Å². The van der Waals surface area contributed by atoms with Crippen LogP contribution in [-0.4, -0.2) is 49.0 Å². The molecule has 2 atom stereocenters. The predicted octanol–water partition coefficient (Wildman–Crippen LogP) is 6.41. The van der Waals surface area contributed by atoms with Gasteiger partial charge in [0.1, 0.15) is 12.1 Å². The van der Waals surface area contributed by atoms with Gasteiger partial charge in [-0.05, 0) is 25.0 Å². The van der Waals surface area contributed by atoms with Gasteiger partial charge in [0, 0.05) is 35.6 Å². The zero-order valence-corrected chi connectivity index (χ0v) is 20.7. The lowest BCUT2D eigenvalue weighted by Gasteiger charge is -2.32. The Morgan fingerprint density at radius 2 is 2.08 bits per heavy atom. The smallest absolute Gasteiger partial charge is 0.365 e. The van der Waals surface area contributed by atoms with E-state index in [0.717, 1.165) is 23.9 Å². The van der Waals surface area contributed by atoms with E-state index < -0.39 is 30.4 Å². The third-order valence-electron chi connectivity index (χ3n) is 5.94. The standard InChI is InChI=1S/C25H25ClF4N6O/c1-2-3-6-16(10-17-7-4-5-8-36(17)21(37)11-25(28,29)30)34-24-20(27)14-33-23(35-24)19-13-32-22-18(19)9-15(26)12-31-22/h4-5,7-9,12-14,16-17H,2-3,6,10-11H2,1H3,(H,31,32)(H,33,34,35)/t16?,17-/m0/s1. The maximum atomic E-state index is 14.8. The van der Waals surface area contributed by atoms with Crippen molar-refractivity contribution in [1.82, 2.24) is 24.8 Å². The number of allylic oxidation sites excluding steroid dienone is 2. The number of alkyl halides is 3. The molecular formula is C25H25ClF4N6O. The van der Waals surface area contributed by atoms with E-state index in [0.29, 0.717) is 28.0 Å². The van der Waals surface area contributed by atoms with Crippen LogP contribution in [0.25, 0.3) is 22.4 Å². The van der Waals surface area contributed by atoms with Crippen LogP contribution < -0.4 is 5.32 Å². The number of hydrogen-bond donors (Lipinski definition) is 2. The molecule has 2 N–H and O–H groups in total. The van der Waals surface area contributed by atoms with Crippen molar-refractivity contribution in [2.24, 2.45) is 0 Å². The molecular weight excluding hydrogens is 512 g/mol. The van der Waals surface area contributed by atoms with Gasteiger partial charge >= 0.3 is 6.18 Å². The Kier molecular flexibility index (Phi) is 8.11. The van der Waals surface area contributed by atoms with E-state index in [1.54, 1.807) is 24.4 Å². The van der Waals surface area contributed by atoms with Crippen LogP contribution in [0.15, 0.2) is 49.1 Å². The van der Waals surface area contributed by atoms with Crippen molar-refractivity contribution in [2.75, 3.05) is 5.32 Å². The number of H-pyrrole nitrogens is 1. The molecule has 7 nitrogen and oxygen atoms in total. The Hall–Kier alpha value is -3.47. The average molecular weight is 537 g/mol. The predicted molar refractivity (Wildman–Crippen MR) is 133 cm³/mol. The SMILES string of the molecule is CCCCC(C[C@@H]1C=CC=CN1C(=O)CC(F)(F)F)Nc1nc(-c2c[nH]c3ncc(Cl)cc23)ncc1F. The number of aromatic amines is 1. The topological polar surface area (TPSA) is 86.8 Å². The molecule has 0 spiro atoms. The molecule has 1 amide bonds. The minimum atomic E-state index is -4.61. The minimum absolute atomic E-state index is 0.0426. The summed E-state index contributed by atoms with van der Waals surface area (Å²) in [5.41, 5.74) is 1.16. The number of aromatic nitrogens is 4. The van der Waals surface area contributed by atoms with Crippen LogP contribution in [0.2, 0.25) is 5.02 Å².